The first-order valence-electron chi connectivity index (χ1n) is 4.11. The Kier molecular flexibility index (Phi) is 2.36. The molecule has 0 saturated heterocycles. The van der Waals surface area contributed by atoms with Crippen LogP contribution in [0.3, 0.4) is 0 Å². The number of H-pyrrole nitrogens is 1. The number of phenolic OH excluding ortho intramolecular Hbond substituents is 1. The highest BCUT2D eigenvalue weighted by Crippen LogP contribution is 2.23. The molecular weight excluding hydrogens is 199 g/mol. The highest BCUT2D eigenvalue weighted by atomic mass is 16.4. The quantitative estimate of drug-likeness (QED) is 0.433. The Morgan fingerprint density at radius 2 is 2.07 bits per heavy atom. The molecule has 1 aromatic heterocycles. The van der Waals surface area contributed by atoms with Gasteiger partial charge < -0.3 is 15.2 Å². The van der Waals surface area contributed by atoms with Crippen molar-refractivity contribution in [3.05, 3.63) is 18.2 Å². The number of nitrogens with one attached hydrogen (secondary N) is 1. The number of hydrogen-bond donors (Lipinski definition) is 4. The Morgan fingerprint density at radius 3 is 2.67 bits per heavy atom. The first-order chi connectivity index (χ1) is 7.18. The molecule has 0 aliphatic carbocycles. The smallest absolute Gasteiger partial charge is 0.488 e. The average Bonchev–Trinajstić information content (AvgIpc) is 2.71. The summed E-state index contributed by atoms with van der Waals surface area (Å²) in [6.45, 7) is 0. The summed E-state index contributed by atoms with van der Waals surface area (Å²) < 4.78 is 0. The summed E-state index contributed by atoms with van der Waals surface area (Å²) >= 11 is 0. The van der Waals surface area contributed by atoms with Crippen LogP contribution in [-0.4, -0.2) is 42.9 Å². The molecule has 0 fully saturated rings. The number of aromatic amines is 1. The van der Waals surface area contributed by atoms with Crippen LogP contribution in [0.1, 0.15) is 0 Å². The van der Waals surface area contributed by atoms with E-state index in [0.29, 0.717) is 0 Å². The maximum absolute atomic E-state index is 9.50. The maximum atomic E-state index is 9.50. The first kappa shape index (κ1) is 9.62. The van der Waals surface area contributed by atoms with Gasteiger partial charge in [0.15, 0.2) is 0 Å². The SMILES string of the molecule is OB(O)c1ccc(O)c(-c2nn[nH]n2)c1. The number of aromatic nitrogens is 4. The second-order valence-electron chi connectivity index (χ2n) is 2.89. The number of tetrazole rings is 1. The molecule has 0 radical (unpaired) electrons. The van der Waals surface area contributed by atoms with E-state index in [0.717, 1.165) is 0 Å². The maximum Gasteiger partial charge on any atom is 0.488 e. The molecule has 1 aromatic carbocycles. The number of aromatic hydroxyl groups is 1. The second-order valence-corrected chi connectivity index (χ2v) is 2.89. The number of phenols is 1. The standard InChI is InChI=1S/C7H7BN4O3/c13-6-2-1-4(8(14)15)3-5(6)7-9-11-12-10-7/h1-3,13-15H,(H,9,10,11,12). The van der Waals surface area contributed by atoms with Crippen molar-refractivity contribution >= 4 is 12.6 Å². The molecule has 0 unspecified atom stereocenters. The van der Waals surface area contributed by atoms with Gasteiger partial charge in [-0.2, -0.15) is 5.21 Å². The van der Waals surface area contributed by atoms with Crippen molar-refractivity contribution in [3.63, 3.8) is 0 Å². The van der Waals surface area contributed by atoms with Gasteiger partial charge in [0.25, 0.3) is 0 Å². The summed E-state index contributed by atoms with van der Waals surface area (Å²) in [5.41, 5.74) is 0.530. The van der Waals surface area contributed by atoms with Crippen molar-refractivity contribution in [2.24, 2.45) is 0 Å². The van der Waals surface area contributed by atoms with Gasteiger partial charge in [-0.1, -0.05) is 6.07 Å². The highest BCUT2D eigenvalue weighted by Gasteiger charge is 2.15. The van der Waals surface area contributed by atoms with Crippen LogP contribution in [0.15, 0.2) is 18.2 Å². The van der Waals surface area contributed by atoms with Crippen molar-refractivity contribution in [1.29, 1.82) is 0 Å². The van der Waals surface area contributed by atoms with Gasteiger partial charge in [-0.15, -0.1) is 10.2 Å². The van der Waals surface area contributed by atoms with Crippen LogP contribution in [-0.2, 0) is 0 Å². The summed E-state index contributed by atoms with van der Waals surface area (Å²) in [6.07, 6.45) is 0. The van der Waals surface area contributed by atoms with Gasteiger partial charge in [-0.3, -0.25) is 0 Å². The lowest BCUT2D eigenvalue weighted by molar-refractivity contribution is 0.425. The summed E-state index contributed by atoms with van der Waals surface area (Å²) in [4.78, 5) is 0. The zero-order chi connectivity index (χ0) is 10.8. The fourth-order valence-corrected chi connectivity index (χ4v) is 1.17. The topological polar surface area (TPSA) is 115 Å². The number of rotatable bonds is 2. The minimum atomic E-state index is -1.60. The third-order valence-electron chi connectivity index (χ3n) is 1.90. The molecule has 1 heterocycles. The van der Waals surface area contributed by atoms with E-state index in [2.05, 4.69) is 20.6 Å². The average molecular weight is 206 g/mol. The molecule has 0 spiro atoms. The zero-order valence-corrected chi connectivity index (χ0v) is 7.49. The fourth-order valence-electron chi connectivity index (χ4n) is 1.17. The third-order valence-corrected chi connectivity index (χ3v) is 1.90. The Morgan fingerprint density at radius 1 is 1.27 bits per heavy atom. The molecule has 0 amide bonds. The number of benzene rings is 1. The molecule has 2 rings (SSSR count). The molecule has 15 heavy (non-hydrogen) atoms. The predicted molar refractivity (Wildman–Crippen MR) is 51.1 cm³/mol. The summed E-state index contributed by atoms with van der Waals surface area (Å²) in [7, 11) is -1.60. The van der Waals surface area contributed by atoms with Crippen LogP contribution in [0.25, 0.3) is 11.4 Å². The molecule has 0 bridgehead atoms. The van der Waals surface area contributed by atoms with Gasteiger partial charge in [0.05, 0.1) is 5.56 Å². The van der Waals surface area contributed by atoms with Gasteiger partial charge in [-0.25, -0.2) is 0 Å². The summed E-state index contributed by atoms with van der Waals surface area (Å²) in [5, 5.41) is 40.3. The van der Waals surface area contributed by atoms with Crippen LogP contribution in [0, 0.1) is 0 Å². The van der Waals surface area contributed by atoms with Crippen molar-refractivity contribution in [2.45, 2.75) is 0 Å². The van der Waals surface area contributed by atoms with Gasteiger partial charge in [-0.05, 0) is 22.8 Å². The van der Waals surface area contributed by atoms with E-state index in [1.165, 1.54) is 18.2 Å². The van der Waals surface area contributed by atoms with Crippen LogP contribution < -0.4 is 5.46 Å². The van der Waals surface area contributed by atoms with Crippen LogP contribution >= 0.6 is 0 Å². The van der Waals surface area contributed by atoms with E-state index in [-0.39, 0.29) is 22.6 Å². The minimum absolute atomic E-state index is 0.0548. The van der Waals surface area contributed by atoms with Crippen molar-refractivity contribution in [3.8, 4) is 17.1 Å². The molecule has 76 valence electrons. The lowest BCUT2D eigenvalue weighted by Crippen LogP contribution is -2.29. The molecule has 4 N–H and O–H groups in total. The first-order valence-corrected chi connectivity index (χ1v) is 4.11. The van der Waals surface area contributed by atoms with Crippen LogP contribution in [0.2, 0.25) is 0 Å². The van der Waals surface area contributed by atoms with Crippen LogP contribution in [0.5, 0.6) is 5.75 Å². The van der Waals surface area contributed by atoms with E-state index in [1.54, 1.807) is 0 Å². The Hall–Kier alpha value is -1.93. The molecule has 0 atom stereocenters. The molecule has 0 aliphatic heterocycles. The second kappa shape index (κ2) is 3.68. The molecular formula is C7H7BN4O3. The Bertz CT molecular complexity index is 459. The Balaban J connectivity index is 2.51. The minimum Gasteiger partial charge on any atom is -0.507 e. The van der Waals surface area contributed by atoms with Crippen molar-refractivity contribution < 1.29 is 15.2 Å². The molecule has 2 aromatic rings. The lowest BCUT2D eigenvalue weighted by Gasteiger charge is -2.03. The van der Waals surface area contributed by atoms with E-state index in [9.17, 15) is 5.11 Å². The molecule has 7 nitrogen and oxygen atoms in total. The fraction of sp³-hybridized carbons (Fsp3) is 0. The van der Waals surface area contributed by atoms with Gasteiger partial charge in [0, 0.05) is 0 Å². The van der Waals surface area contributed by atoms with E-state index in [4.69, 9.17) is 10.0 Å². The number of hydrogen-bond acceptors (Lipinski definition) is 6. The summed E-state index contributed by atoms with van der Waals surface area (Å²) in [6, 6.07) is 4.11. The third kappa shape index (κ3) is 1.80. The zero-order valence-electron chi connectivity index (χ0n) is 7.49. The van der Waals surface area contributed by atoms with Gasteiger partial charge in [0.2, 0.25) is 5.82 Å². The Labute approximate surface area is 84.5 Å². The monoisotopic (exact) mass is 206 g/mol. The van der Waals surface area contributed by atoms with E-state index < -0.39 is 7.12 Å². The summed E-state index contributed by atoms with van der Waals surface area (Å²) in [5.74, 6) is 0.135. The normalized spacial score (nSPS) is 10.3. The van der Waals surface area contributed by atoms with E-state index in [1.807, 2.05) is 0 Å². The van der Waals surface area contributed by atoms with E-state index >= 15 is 0 Å². The number of nitrogens with zero attached hydrogens (tertiary/aromatic N) is 3. The largest absolute Gasteiger partial charge is 0.507 e. The van der Waals surface area contributed by atoms with Gasteiger partial charge >= 0.3 is 7.12 Å². The van der Waals surface area contributed by atoms with Crippen LogP contribution in [0.4, 0.5) is 0 Å². The van der Waals surface area contributed by atoms with Crippen molar-refractivity contribution in [2.75, 3.05) is 0 Å². The predicted octanol–water partition coefficient (Wildman–Crippen LogP) is -1.75. The molecule has 0 aliphatic rings. The molecule has 0 saturated carbocycles. The van der Waals surface area contributed by atoms with Crippen molar-refractivity contribution in [1.82, 2.24) is 20.6 Å². The highest BCUT2D eigenvalue weighted by molar-refractivity contribution is 6.58. The lowest BCUT2D eigenvalue weighted by atomic mass is 9.79. The van der Waals surface area contributed by atoms with Gasteiger partial charge in [0.1, 0.15) is 5.75 Å². The molecule has 8 heteroatoms.